The lowest BCUT2D eigenvalue weighted by atomic mass is 10.2. The second kappa shape index (κ2) is 7.97. The molecule has 6 nitrogen and oxygen atoms in total. The van der Waals surface area contributed by atoms with E-state index < -0.39 is 0 Å². The lowest BCUT2D eigenvalue weighted by Crippen LogP contribution is -2.47. The molecular formula is C15H24N4O2. The van der Waals surface area contributed by atoms with Gasteiger partial charge in [-0.15, -0.1) is 0 Å². The molecule has 0 saturated carbocycles. The number of nitrogens with two attached hydrogens (primary N) is 1. The summed E-state index contributed by atoms with van der Waals surface area (Å²) < 4.78 is 5.65. The van der Waals surface area contributed by atoms with Crippen LogP contribution < -0.4 is 16.4 Å². The highest BCUT2D eigenvalue weighted by Crippen LogP contribution is 2.10. The van der Waals surface area contributed by atoms with Gasteiger partial charge in [0.15, 0.2) is 0 Å². The summed E-state index contributed by atoms with van der Waals surface area (Å²) in [5.41, 5.74) is 7.32. The predicted octanol–water partition coefficient (Wildman–Crippen LogP) is 0.988. The number of anilines is 1. The van der Waals surface area contributed by atoms with Gasteiger partial charge in [-0.05, 0) is 24.2 Å². The van der Waals surface area contributed by atoms with Crippen molar-refractivity contribution in [3.63, 3.8) is 0 Å². The largest absolute Gasteiger partial charge is 0.374 e. The quantitative estimate of drug-likeness (QED) is 0.756. The number of ether oxygens (including phenoxy) is 1. The lowest BCUT2D eigenvalue weighted by molar-refractivity contribution is -0.0238. The number of nitrogens with one attached hydrogen (secondary N) is 2. The highest BCUT2D eigenvalue weighted by atomic mass is 16.5. The second-order valence-corrected chi connectivity index (χ2v) is 5.13. The van der Waals surface area contributed by atoms with E-state index in [1.807, 2.05) is 24.3 Å². The van der Waals surface area contributed by atoms with E-state index in [-0.39, 0.29) is 12.1 Å². The lowest BCUT2D eigenvalue weighted by Gasteiger charge is -2.32. The first-order valence-corrected chi connectivity index (χ1v) is 7.39. The Kier molecular flexibility index (Phi) is 5.98. The van der Waals surface area contributed by atoms with Gasteiger partial charge in [-0.25, -0.2) is 4.79 Å². The van der Waals surface area contributed by atoms with Gasteiger partial charge in [0.05, 0.1) is 12.7 Å². The normalized spacial score (nSPS) is 19.2. The third kappa shape index (κ3) is 5.00. The van der Waals surface area contributed by atoms with Crippen molar-refractivity contribution in [2.24, 2.45) is 5.73 Å². The number of carbonyl (C=O) groups excluding carboxylic acids is 1. The maximum atomic E-state index is 11.9. The van der Waals surface area contributed by atoms with Crippen molar-refractivity contribution in [2.75, 3.05) is 38.1 Å². The fourth-order valence-electron chi connectivity index (χ4n) is 2.35. The van der Waals surface area contributed by atoms with Gasteiger partial charge in [-0.2, -0.15) is 0 Å². The van der Waals surface area contributed by atoms with Gasteiger partial charge in [0.2, 0.25) is 0 Å². The molecule has 116 valence electrons. The number of morpholine rings is 1. The summed E-state index contributed by atoms with van der Waals surface area (Å²) in [4.78, 5) is 14.2. The van der Waals surface area contributed by atoms with Crippen LogP contribution >= 0.6 is 0 Å². The van der Waals surface area contributed by atoms with E-state index >= 15 is 0 Å². The molecule has 1 aliphatic heterocycles. The summed E-state index contributed by atoms with van der Waals surface area (Å²) in [5, 5.41) is 5.66. The fraction of sp³-hybridized carbons (Fsp3) is 0.533. The molecule has 4 N–H and O–H groups in total. The standard InChI is InChI=1S/C15H24N4O2/c1-2-19-6-7-21-14(11-19)10-17-15(20)18-13-5-3-4-12(8-13)9-16/h3-5,8,14H,2,6-7,9-11,16H2,1H3,(H2,17,18,20). The van der Waals surface area contributed by atoms with Crippen molar-refractivity contribution >= 4 is 11.7 Å². The van der Waals surface area contributed by atoms with Gasteiger partial charge in [-0.3, -0.25) is 4.90 Å². The Morgan fingerprint density at radius 3 is 3.14 bits per heavy atom. The van der Waals surface area contributed by atoms with E-state index in [1.54, 1.807) is 0 Å². The van der Waals surface area contributed by atoms with Crippen molar-refractivity contribution in [1.29, 1.82) is 0 Å². The Morgan fingerprint density at radius 2 is 2.38 bits per heavy atom. The third-order valence-electron chi connectivity index (χ3n) is 3.58. The average molecular weight is 292 g/mol. The molecule has 0 aliphatic carbocycles. The van der Waals surface area contributed by atoms with Gasteiger partial charge in [-0.1, -0.05) is 19.1 Å². The highest BCUT2D eigenvalue weighted by Gasteiger charge is 2.19. The topological polar surface area (TPSA) is 79.6 Å². The number of urea groups is 1. The van der Waals surface area contributed by atoms with Crippen LogP contribution in [0.2, 0.25) is 0 Å². The summed E-state index contributed by atoms with van der Waals surface area (Å²) in [7, 11) is 0. The highest BCUT2D eigenvalue weighted by molar-refractivity contribution is 5.89. The number of rotatable bonds is 5. The Balaban J connectivity index is 1.76. The van der Waals surface area contributed by atoms with Crippen molar-refractivity contribution in [1.82, 2.24) is 10.2 Å². The zero-order chi connectivity index (χ0) is 15.1. The summed E-state index contributed by atoms with van der Waals surface area (Å²) in [6.07, 6.45) is 0.0554. The first kappa shape index (κ1) is 15.8. The number of carbonyl (C=O) groups is 1. The molecule has 1 saturated heterocycles. The Hall–Kier alpha value is -1.63. The minimum atomic E-state index is -0.221. The van der Waals surface area contributed by atoms with Gasteiger partial charge in [0.25, 0.3) is 0 Å². The Bertz CT molecular complexity index is 467. The van der Waals surface area contributed by atoms with Gasteiger partial charge >= 0.3 is 6.03 Å². The van der Waals surface area contributed by atoms with Crippen molar-refractivity contribution < 1.29 is 9.53 Å². The molecule has 0 bridgehead atoms. The first-order chi connectivity index (χ1) is 10.2. The molecule has 1 unspecified atom stereocenters. The number of hydrogen-bond donors (Lipinski definition) is 3. The van der Waals surface area contributed by atoms with E-state index in [2.05, 4.69) is 22.5 Å². The molecule has 1 aromatic carbocycles. The second-order valence-electron chi connectivity index (χ2n) is 5.13. The predicted molar refractivity (Wildman–Crippen MR) is 83.2 cm³/mol. The van der Waals surface area contributed by atoms with E-state index in [0.29, 0.717) is 13.1 Å². The molecule has 0 aromatic heterocycles. The first-order valence-electron chi connectivity index (χ1n) is 7.39. The molecule has 1 fully saturated rings. The zero-order valence-electron chi connectivity index (χ0n) is 12.5. The Morgan fingerprint density at radius 1 is 1.52 bits per heavy atom. The monoisotopic (exact) mass is 292 g/mol. The van der Waals surface area contributed by atoms with E-state index in [0.717, 1.165) is 37.5 Å². The molecule has 0 spiro atoms. The van der Waals surface area contributed by atoms with Crippen LogP contribution in [0, 0.1) is 0 Å². The molecule has 2 amide bonds. The summed E-state index contributed by atoms with van der Waals surface area (Å²) in [6, 6.07) is 7.30. The van der Waals surface area contributed by atoms with Crippen LogP contribution in [0.3, 0.4) is 0 Å². The van der Waals surface area contributed by atoms with Crippen molar-refractivity contribution in [3.05, 3.63) is 29.8 Å². The average Bonchev–Trinajstić information content (AvgIpc) is 2.53. The van der Waals surface area contributed by atoms with Crippen molar-refractivity contribution in [2.45, 2.75) is 19.6 Å². The zero-order valence-corrected chi connectivity index (χ0v) is 12.5. The van der Waals surface area contributed by atoms with Crippen LogP contribution in [0.15, 0.2) is 24.3 Å². The number of nitrogens with zero attached hydrogens (tertiary/aromatic N) is 1. The number of likely N-dealkylation sites (N-methyl/N-ethyl adjacent to an activating group) is 1. The number of hydrogen-bond acceptors (Lipinski definition) is 4. The molecule has 0 radical (unpaired) electrons. The van der Waals surface area contributed by atoms with Crippen LogP contribution in [0.5, 0.6) is 0 Å². The van der Waals surface area contributed by atoms with Crippen molar-refractivity contribution in [3.8, 4) is 0 Å². The van der Waals surface area contributed by atoms with Crippen LogP contribution in [0.25, 0.3) is 0 Å². The van der Waals surface area contributed by atoms with E-state index in [4.69, 9.17) is 10.5 Å². The number of amides is 2. The molecular weight excluding hydrogens is 268 g/mol. The molecule has 1 aromatic rings. The SMILES string of the molecule is CCN1CCOC(CNC(=O)Nc2cccc(CN)c2)C1. The van der Waals surface area contributed by atoms with Gasteiger partial charge < -0.3 is 21.1 Å². The van der Waals surface area contributed by atoms with Gasteiger partial charge in [0.1, 0.15) is 0 Å². The fourth-order valence-corrected chi connectivity index (χ4v) is 2.35. The van der Waals surface area contributed by atoms with E-state index in [9.17, 15) is 4.79 Å². The Labute approximate surface area is 125 Å². The minimum Gasteiger partial charge on any atom is -0.374 e. The molecule has 2 rings (SSSR count). The minimum absolute atomic E-state index is 0.0554. The summed E-state index contributed by atoms with van der Waals surface area (Å²) >= 11 is 0. The van der Waals surface area contributed by atoms with E-state index in [1.165, 1.54) is 0 Å². The summed E-state index contributed by atoms with van der Waals surface area (Å²) in [5.74, 6) is 0. The van der Waals surface area contributed by atoms with Crippen LogP contribution in [-0.2, 0) is 11.3 Å². The third-order valence-corrected chi connectivity index (χ3v) is 3.58. The smallest absolute Gasteiger partial charge is 0.319 e. The molecule has 1 heterocycles. The van der Waals surface area contributed by atoms with Crippen LogP contribution in [0.1, 0.15) is 12.5 Å². The maximum absolute atomic E-state index is 11.9. The molecule has 1 atom stereocenters. The number of benzene rings is 1. The van der Waals surface area contributed by atoms with Gasteiger partial charge in [0, 0.05) is 31.9 Å². The molecule has 1 aliphatic rings. The summed E-state index contributed by atoms with van der Waals surface area (Å²) in [6.45, 7) is 6.66. The molecule has 21 heavy (non-hydrogen) atoms. The maximum Gasteiger partial charge on any atom is 0.319 e. The van der Waals surface area contributed by atoms with Crippen LogP contribution in [0.4, 0.5) is 10.5 Å². The molecule has 6 heteroatoms. The van der Waals surface area contributed by atoms with Crippen LogP contribution in [-0.4, -0.2) is 49.8 Å².